The van der Waals surface area contributed by atoms with Gasteiger partial charge in [-0.3, -0.25) is 0 Å². The van der Waals surface area contributed by atoms with Gasteiger partial charge in [0.15, 0.2) is 5.82 Å². The van der Waals surface area contributed by atoms with Crippen molar-refractivity contribution in [3.63, 3.8) is 0 Å². The Bertz CT molecular complexity index is 1200. The lowest BCUT2D eigenvalue weighted by atomic mass is 10.0. The lowest BCUT2D eigenvalue weighted by molar-refractivity contribution is -0.136. The number of aromatic nitrogens is 1. The molecule has 0 saturated carbocycles. The van der Waals surface area contributed by atoms with Crippen LogP contribution in [0.5, 0.6) is 5.75 Å². The van der Waals surface area contributed by atoms with Crippen LogP contribution in [0.1, 0.15) is 17.5 Å². The molecule has 0 spiro atoms. The Morgan fingerprint density at radius 3 is 2.24 bits per heavy atom. The van der Waals surface area contributed by atoms with E-state index < -0.39 is 11.7 Å². The molecule has 0 saturated heterocycles. The van der Waals surface area contributed by atoms with Crippen LogP contribution in [0, 0.1) is 0 Å². The lowest BCUT2D eigenvalue weighted by Gasteiger charge is -2.24. The maximum Gasteiger partial charge on any atom is 0.417 e. The standard InChI is InChI=1S/C25H24F3N3OS/c1-32-20-12-10-19(11-13-20)18-8-6-17(7-9-18)16-31(15-3-14-29)24-23-21(25(26,27)28)4-2-5-22(23)33-30-24/h2,4-13H,3,14-16,29H2,1H3. The average Bonchev–Trinajstić information content (AvgIpc) is 3.26. The fraction of sp³-hybridized carbons (Fsp3) is 0.240. The van der Waals surface area contributed by atoms with Crippen LogP contribution in [0.25, 0.3) is 21.2 Å². The molecule has 0 radical (unpaired) electrons. The van der Waals surface area contributed by atoms with Gasteiger partial charge in [-0.25, -0.2) is 0 Å². The third-order valence-corrected chi connectivity index (χ3v) is 6.27. The highest BCUT2D eigenvalue weighted by Gasteiger charge is 2.35. The van der Waals surface area contributed by atoms with Crippen molar-refractivity contribution in [1.29, 1.82) is 0 Å². The van der Waals surface area contributed by atoms with Gasteiger partial charge in [0.25, 0.3) is 0 Å². The number of fused-ring (bicyclic) bond motifs is 1. The number of halogens is 3. The first-order valence-electron chi connectivity index (χ1n) is 10.5. The molecule has 0 aliphatic carbocycles. The van der Waals surface area contributed by atoms with E-state index in [1.807, 2.05) is 53.4 Å². The smallest absolute Gasteiger partial charge is 0.417 e. The number of hydrogen-bond acceptors (Lipinski definition) is 5. The summed E-state index contributed by atoms with van der Waals surface area (Å²) in [7, 11) is 1.63. The van der Waals surface area contributed by atoms with Gasteiger partial charge in [-0.1, -0.05) is 42.5 Å². The van der Waals surface area contributed by atoms with E-state index in [9.17, 15) is 13.2 Å². The SMILES string of the molecule is COc1ccc(-c2ccc(CN(CCCN)c3nsc4cccc(C(F)(F)F)c34)cc2)cc1. The van der Waals surface area contributed by atoms with E-state index in [4.69, 9.17) is 10.5 Å². The summed E-state index contributed by atoms with van der Waals surface area (Å²) in [5.41, 5.74) is 8.14. The molecule has 33 heavy (non-hydrogen) atoms. The van der Waals surface area contributed by atoms with Crippen molar-refractivity contribution in [2.24, 2.45) is 5.73 Å². The van der Waals surface area contributed by atoms with Crippen molar-refractivity contribution < 1.29 is 17.9 Å². The predicted octanol–water partition coefficient (Wildman–Crippen LogP) is 6.35. The van der Waals surface area contributed by atoms with Crippen LogP contribution >= 0.6 is 11.5 Å². The van der Waals surface area contributed by atoms with Gasteiger partial charge in [-0.05, 0) is 65.5 Å². The van der Waals surface area contributed by atoms with Gasteiger partial charge in [0.1, 0.15) is 5.75 Å². The molecule has 4 rings (SSSR count). The summed E-state index contributed by atoms with van der Waals surface area (Å²) < 4.78 is 51.2. The Kier molecular flexibility index (Phi) is 6.85. The van der Waals surface area contributed by atoms with Crippen molar-refractivity contribution in [2.75, 3.05) is 25.1 Å². The topological polar surface area (TPSA) is 51.4 Å². The van der Waals surface area contributed by atoms with Crippen LogP contribution < -0.4 is 15.4 Å². The van der Waals surface area contributed by atoms with E-state index in [2.05, 4.69) is 4.37 Å². The van der Waals surface area contributed by atoms with Gasteiger partial charge in [0.2, 0.25) is 0 Å². The van der Waals surface area contributed by atoms with Gasteiger partial charge in [0.05, 0.1) is 17.4 Å². The minimum Gasteiger partial charge on any atom is -0.497 e. The summed E-state index contributed by atoms with van der Waals surface area (Å²) in [6.45, 7) is 1.40. The minimum atomic E-state index is -4.45. The fourth-order valence-corrected chi connectivity index (χ4v) is 4.60. The Balaban J connectivity index is 1.64. The number of benzene rings is 3. The summed E-state index contributed by atoms with van der Waals surface area (Å²) in [4.78, 5) is 1.89. The van der Waals surface area contributed by atoms with Crippen LogP contribution in [0.2, 0.25) is 0 Å². The van der Waals surface area contributed by atoms with Crippen LogP contribution in [0.3, 0.4) is 0 Å². The fourth-order valence-electron chi connectivity index (χ4n) is 3.78. The summed E-state index contributed by atoms with van der Waals surface area (Å²) in [6.07, 6.45) is -3.80. The first-order valence-corrected chi connectivity index (χ1v) is 11.3. The van der Waals surface area contributed by atoms with E-state index in [0.29, 0.717) is 36.6 Å². The molecular formula is C25H24F3N3OS. The number of alkyl halides is 3. The normalized spacial score (nSPS) is 11.7. The molecule has 1 aromatic heterocycles. The zero-order valence-corrected chi connectivity index (χ0v) is 18.9. The summed E-state index contributed by atoms with van der Waals surface area (Å²) in [5, 5.41) is 0.155. The monoisotopic (exact) mass is 471 g/mol. The molecule has 8 heteroatoms. The number of anilines is 1. The molecule has 172 valence electrons. The lowest BCUT2D eigenvalue weighted by Crippen LogP contribution is -2.26. The number of ether oxygens (including phenoxy) is 1. The van der Waals surface area contributed by atoms with Gasteiger partial charge < -0.3 is 15.4 Å². The molecule has 3 aromatic carbocycles. The van der Waals surface area contributed by atoms with Gasteiger partial charge in [-0.15, -0.1) is 0 Å². The molecule has 0 aliphatic heterocycles. The van der Waals surface area contributed by atoms with Crippen molar-refractivity contribution in [1.82, 2.24) is 4.37 Å². The van der Waals surface area contributed by atoms with Crippen LogP contribution in [0.15, 0.2) is 66.7 Å². The Labute approximate surface area is 194 Å². The minimum absolute atomic E-state index is 0.155. The zero-order valence-electron chi connectivity index (χ0n) is 18.1. The Morgan fingerprint density at radius 1 is 0.970 bits per heavy atom. The number of hydrogen-bond donors (Lipinski definition) is 1. The molecule has 0 atom stereocenters. The summed E-state index contributed by atoms with van der Waals surface area (Å²) in [5.74, 6) is 1.15. The van der Waals surface area contributed by atoms with Crippen LogP contribution in [-0.2, 0) is 12.7 Å². The zero-order chi connectivity index (χ0) is 23.4. The van der Waals surface area contributed by atoms with E-state index in [-0.39, 0.29) is 5.39 Å². The molecule has 4 aromatic rings. The van der Waals surface area contributed by atoms with Crippen molar-refractivity contribution in [3.8, 4) is 16.9 Å². The van der Waals surface area contributed by atoms with Gasteiger partial charge in [-0.2, -0.15) is 17.5 Å². The molecule has 0 amide bonds. The van der Waals surface area contributed by atoms with Gasteiger partial charge >= 0.3 is 6.18 Å². The second-order valence-corrected chi connectivity index (χ2v) is 8.48. The van der Waals surface area contributed by atoms with Crippen molar-refractivity contribution in [3.05, 3.63) is 77.9 Å². The highest BCUT2D eigenvalue weighted by Crippen LogP contribution is 2.41. The predicted molar refractivity (Wildman–Crippen MR) is 128 cm³/mol. The molecule has 0 fully saturated rings. The molecule has 4 nitrogen and oxygen atoms in total. The maximum atomic E-state index is 13.7. The first kappa shape index (κ1) is 23.1. The van der Waals surface area contributed by atoms with Crippen LogP contribution in [-0.4, -0.2) is 24.6 Å². The highest BCUT2D eigenvalue weighted by molar-refractivity contribution is 7.13. The van der Waals surface area contributed by atoms with Crippen molar-refractivity contribution >= 4 is 27.4 Å². The quantitative estimate of drug-likeness (QED) is 0.326. The third-order valence-electron chi connectivity index (χ3n) is 5.47. The largest absolute Gasteiger partial charge is 0.497 e. The number of methoxy groups -OCH3 is 1. The molecule has 1 heterocycles. The molecule has 0 aliphatic rings. The second kappa shape index (κ2) is 9.80. The maximum absolute atomic E-state index is 13.7. The number of rotatable bonds is 8. The number of nitrogens with two attached hydrogens (primary N) is 1. The highest BCUT2D eigenvalue weighted by atomic mass is 32.1. The Hall–Kier alpha value is -3.10. The molecule has 0 unspecified atom stereocenters. The third kappa shape index (κ3) is 5.12. The van der Waals surface area contributed by atoms with E-state index in [1.54, 1.807) is 13.2 Å². The second-order valence-electron chi connectivity index (χ2n) is 7.67. The summed E-state index contributed by atoms with van der Waals surface area (Å²) in [6, 6.07) is 20.0. The molecule has 2 N–H and O–H groups in total. The first-order chi connectivity index (χ1) is 15.9. The molecule has 0 bridgehead atoms. The summed E-state index contributed by atoms with van der Waals surface area (Å²) >= 11 is 1.09. The van der Waals surface area contributed by atoms with E-state index >= 15 is 0 Å². The van der Waals surface area contributed by atoms with Gasteiger partial charge in [0, 0.05) is 18.5 Å². The Morgan fingerprint density at radius 2 is 1.64 bits per heavy atom. The number of nitrogens with zero attached hydrogens (tertiary/aromatic N) is 2. The van der Waals surface area contributed by atoms with Crippen molar-refractivity contribution in [2.45, 2.75) is 19.1 Å². The van der Waals surface area contributed by atoms with Crippen LogP contribution in [0.4, 0.5) is 19.0 Å². The molecular weight excluding hydrogens is 447 g/mol. The average molecular weight is 472 g/mol. The van der Waals surface area contributed by atoms with E-state index in [1.165, 1.54) is 6.07 Å². The van der Waals surface area contributed by atoms with E-state index in [0.717, 1.165) is 40.0 Å².